The van der Waals surface area contributed by atoms with Crippen molar-refractivity contribution in [2.75, 3.05) is 5.32 Å². The summed E-state index contributed by atoms with van der Waals surface area (Å²) < 4.78 is 0. The highest BCUT2D eigenvalue weighted by Gasteiger charge is 2.23. The van der Waals surface area contributed by atoms with Crippen LogP contribution in [0.25, 0.3) is 22.0 Å². The minimum Gasteiger partial charge on any atom is -0.480 e. The van der Waals surface area contributed by atoms with Crippen LogP contribution in [0.5, 0.6) is 0 Å². The van der Waals surface area contributed by atoms with Crippen LogP contribution < -0.4 is 16.0 Å². The number of carbonyl (C=O) groups is 4. The normalized spacial score (nSPS) is 12.2. The SMILES string of the molecule is CC(=O)NC(Cc1c[nH]c2ccccc12)C(=O)Nc1ccc(-c2ccc(C(=O)NC(Cc3ccccc3)C(=O)O)cc2)cc1. The van der Waals surface area contributed by atoms with Gasteiger partial charge in [0.2, 0.25) is 11.8 Å². The molecule has 44 heavy (non-hydrogen) atoms. The first-order chi connectivity index (χ1) is 21.3. The smallest absolute Gasteiger partial charge is 0.326 e. The third kappa shape index (κ3) is 7.38. The van der Waals surface area contributed by atoms with Gasteiger partial charge in [0.15, 0.2) is 0 Å². The summed E-state index contributed by atoms with van der Waals surface area (Å²) >= 11 is 0. The van der Waals surface area contributed by atoms with Crippen LogP contribution in [0.3, 0.4) is 0 Å². The fraction of sp³-hybridized carbons (Fsp3) is 0.143. The van der Waals surface area contributed by atoms with Gasteiger partial charge in [-0.2, -0.15) is 0 Å². The lowest BCUT2D eigenvalue weighted by Gasteiger charge is -2.18. The molecule has 0 aliphatic carbocycles. The van der Waals surface area contributed by atoms with Crippen molar-refractivity contribution in [3.05, 3.63) is 126 Å². The van der Waals surface area contributed by atoms with Crippen molar-refractivity contribution in [2.24, 2.45) is 0 Å². The number of aromatic nitrogens is 1. The first kappa shape index (κ1) is 29.8. The zero-order chi connectivity index (χ0) is 31.1. The summed E-state index contributed by atoms with van der Waals surface area (Å²) in [5, 5.41) is 18.8. The van der Waals surface area contributed by atoms with Crippen molar-refractivity contribution >= 4 is 40.3 Å². The third-order valence-electron chi connectivity index (χ3n) is 7.31. The zero-order valence-electron chi connectivity index (χ0n) is 24.0. The summed E-state index contributed by atoms with van der Waals surface area (Å²) in [5.74, 6) is -2.21. The number of para-hydroxylation sites is 1. The molecule has 3 amide bonds. The van der Waals surface area contributed by atoms with E-state index in [1.165, 1.54) is 6.92 Å². The number of anilines is 1. The lowest BCUT2D eigenvalue weighted by molar-refractivity contribution is -0.139. The number of carboxylic acid groups (broad SMARTS) is 1. The van der Waals surface area contributed by atoms with E-state index >= 15 is 0 Å². The topological polar surface area (TPSA) is 140 Å². The zero-order valence-corrected chi connectivity index (χ0v) is 24.0. The third-order valence-corrected chi connectivity index (χ3v) is 7.31. The molecule has 0 aliphatic heterocycles. The number of fused-ring (bicyclic) bond motifs is 1. The first-order valence-corrected chi connectivity index (χ1v) is 14.2. The summed E-state index contributed by atoms with van der Waals surface area (Å²) in [6, 6.07) is 29.2. The van der Waals surface area contributed by atoms with E-state index in [4.69, 9.17) is 0 Å². The van der Waals surface area contributed by atoms with E-state index < -0.39 is 24.0 Å². The Hall–Kier alpha value is -5.70. The van der Waals surface area contributed by atoms with Crippen molar-refractivity contribution < 1.29 is 24.3 Å². The van der Waals surface area contributed by atoms with Crippen LogP contribution in [-0.4, -0.2) is 45.9 Å². The molecule has 4 aromatic carbocycles. The predicted molar refractivity (Wildman–Crippen MR) is 169 cm³/mol. The molecule has 222 valence electrons. The second-order valence-corrected chi connectivity index (χ2v) is 10.5. The van der Waals surface area contributed by atoms with Crippen LogP contribution in [0.4, 0.5) is 5.69 Å². The maximum Gasteiger partial charge on any atom is 0.326 e. The van der Waals surface area contributed by atoms with Crippen molar-refractivity contribution in [2.45, 2.75) is 31.8 Å². The number of H-pyrrole nitrogens is 1. The average Bonchev–Trinajstić information content (AvgIpc) is 3.43. The molecular weight excluding hydrogens is 556 g/mol. The predicted octanol–water partition coefficient (Wildman–Crippen LogP) is 4.95. The Morgan fingerprint density at radius 1 is 0.727 bits per heavy atom. The molecule has 5 rings (SSSR count). The number of hydrogen-bond acceptors (Lipinski definition) is 4. The second kappa shape index (κ2) is 13.5. The molecular formula is C35H32N4O5. The van der Waals surface area contributed by atoms with Gasteiger partial charge in [0.1, 0.15) is 12.1 Å². The van der Waals surface area contributed by atoms with Crippen molar-refractivity contribution in [3.8, 4) is 11.1 Å². The molecule has 0 spiro atoms. The molecule has 5 aromatic rings. The lowest BCUT2D eigenvalue weighted by Crippen LogP contribution is -2.44. The summed E-state index contributed by atoms with van der Waals surface area (Å²) in [4.78, 5) is 52.8. The van der Waals surface area contributed by atoms with Crippen molar-refractivity contribution in [1.82, 2.24) is 15.6 Å². The van der Waals surface area contributed by atoms with Gasteiger partial charge >= 0.3 is 5.97 Å². The van der Waals surface area contributed by atoms with Gasteiger partial charge in [-0.3, -0.25) is 14.4 Å². The molecule has 2 atom stereocenters. The molecule has 0 bridgehead atoms. The van der Waals surface area contributed by atoms with E-state index in [1.807, 2.05) is 72.9 Å². The van der Waals surface area contributed by atoms with E-state index in [0.29, 0.717) is 17.7 Å². The number of benzene rings is 4. The number of hydrogen-bond donors (Lipinski definition) is 5. The van der Waals surface area contributed by atoms with Gasteiger partial charge in [0.05, 0.1) is 0 Å². The number of carbonyl (C=O) groups excluding carboxylic acids is 3. The highest BCUT2D eigenvalue weighted by molar-refractivity contribution is 5.98. The molecule has 0 fully saturated rings. The molecule has 5 N–H and O–H groups in total. The van der Waals surface area contributed by atoms with Crippen LogP contribution in [0.1, 0.15) is 28.4 Å². The molecule has 9 heteroatoms. The summed E-state index contributed by atoms with van der Waals surface area (Å²) in [6.07, 6.45) is 2.36. The van der Waals surface area contributed by atoms with Gasteiger partial charge in [-0.05, 0) is 52.6 Å². The van der Waals surface area contributed by atoms with Gasteiger partial charge in [-0.15, -0.1) is 0 Å². The first-order valence-electron chi connectivity index (χ1n) is 14.2. The number of rotatable bonds is 11. The van der Waals surface area contributed by atoms with Crippen LogP contribution in [0.2, 0.25) is 0 Å². The Morgan fingerprint density at radius 2 is 1.36 bits per heavy atom. The van der Waals surface area contributed by atoms with Gasteiger partial charge in [-0.1, -0.05) is 72.8 Å². The second-order valence-electron chi connectivity index (χ2n) is 10.5. The number of carboxylic acids is 1. The number of aromatic amines is 1. The molecule has 0 saturated heterocycles. The van der Waals surface area contributed by atoms with E-state index in [9.17, 15) is 24.3 Å². The fourth-order valence-corrected chi connectivity index (χ4v) is 5.06. The molecule has 1 aromatic heterocycles. The monoisotopic (exact) mass is 588 g/mol. The standard InChI is InChI=1S/C35H32N4O5/c1-22(40)37-31(20-27-21-36-30-10-6-5-9-29(27)30)34(42)38-28-17-15-25(16-18-28)24-11-13-26(14-12-24)33(41)39-32(35(43)44)19-23-7-3-2-4-8-23/h2-18,21,31-32,36H,19-20H2,1H3,(H,37,40)(H,38,42)(H,39,41)(H,43,44). The summed E-state index contributed by atoms with van der Waals surface area (Å²) in [5.41, 5.74) is 5.32. The summed E-state index contributed by atoms with van der Waals surface area (Å²) in [6.45, 7) is 1.38. The lowest BCUT2D eigenvalue weighted by atomic mass is 10.0. The number of aliphatic carboxylic acids is 1. The molecule has 9 nitrogen and oxygen atoms in total. The Kier molecular flexibility index (Phi) is 9.15. The van der Waals surface area contributed by atoms with E-state index in [2.05, 4.69) is 20.9 Å². The maximum atomic E-state index is 13.2. The highest BCUT2D eigenvalue weighted by Crippen LogP contribution is 2.23. The fourth-order valence-electron chi connectivity index (χ4n) is 5.06. The van der Waals surface area contributed by atoms with Crippen LogP contribution in [-0.2, 0) is 27.2 Å². The molecule has 2 unspecified atom stereocenters. The molecule has 0 aliphatic rings. The van der Waals surface area contributed by atoms with Gasteiger partial charge in [0.25, 0.3) is 5.91 Å². The maximum absolute atomic E-state index is 13.2. The minimum atomic E-state index is -1.10. The summed E-state index contributed by atoms with van der Waals surface area (Å²) in [7, 11) is 0. The van der Waals surface area contributed by atoms with Crippen LogP contribution >= 0.6 is 0 Å². The van der Waals surface area contributed by atoms with Crippen LogP contribution in [0, 0.1) is 0 Å². The van der Waals surface area contributed by atoms with Gasteiger partial charge < -0.3 is 26.0 Å². The van der Waals surface area contributed by atoms with Crippen LogP contribution in [0.15, 0.2) is 109 Å². The Labute approximate surface area is 254 Å². The Bertz CT molecular complexity index is 1780. The van der Waals surface area contributed by atoms with Gasteiger partial charge in [0, 0.05) is 48.1 Å². The van der Waals surface area contributed by atoms with E-state index in [0.717, 1.165) is 33.2 Å². The minimum absolute atomic E-state index is 0.178. The average molecular weight is 589 g/mol. The van der Waals surface area contributed by atoms with E-state index in [-0.39, 0.29) is 18.2 Å². The van der Waals surface area contributed by atoms with Crippen molar-refractivity contribution in [3.63, 3.8) is 0 Å². The molecule has 1 heterocycles. The number of nitrogens with one attached hydrogen (secondary N) is 4. The van der Waals surface area contributed by atoms with Crippen molar-refractivity contribution in [1.29, 1.82) is 0 Å². The van der Waals surface area contributed by atoms with Gasteiger partial charge in [-0.25, -0.2) is 4.79 Å². The number of amides is 3. The molecule has 0 radical (unpaired) electrons. The highest BCUT2D eigenvalue weighted by atomic mass is 16.4. The van der Waals surface area contributed by atoms with E-state index in [1.54, 1.807) is 36.4 Å². The largest absolute Gasteiger partial charge is 0.480 e. The quantitative estimate of drug-likeness (QED) is 0.149. The Balaban J connectivity index is 1.22. The molecule has 0 saturated carbocycles. The Morgan fingerprint density at radius 3 is 2.02 bits per heavy atom.